The van der Waals surface area contributed by atoms with E-state index in [9.17, 15) is 26.3 Å². The second kappa shape index (κ2) is 21.1. The van der Waals surface area contributed by atoms with Crippen molar-refractivity contribution in [3.8, 4) is 0 Å². The van der Waals surface area contributed by atoms with Gasteiger partial charge in [-0.1, -0.05) is 12.1 Å². The van der Waals surface area contributed by atoms with E-state index < -0.39 is 31.3 Å². The van der Waals surface area contributed by atoms with Crippen molar-refractivity contribution in [3.63, 3.8) is 0 Å². The molecular formula is C28H26F6FeN6O6S2. The van der Waals surface area contributed by atoms with Crippen LogP contribution in [-0.2, 0) is 50.4 Å². The fourth-order valence-corrected chi connectivity index (χ4v) is 2.72. The van der Waals surface area contributed by atoms with Gasteiger partial charge in [-0.25, -0.2) is 16.8 Å². The van der Waals surface area contributed by atoms with Crippen LogP contribution in [0.3, 0.4) is 0 Å². The van der Waals surface area contributed by atoms with Crippen LogP contribution >= 0.6 is 0 Å². The second-order valence-corrected chi connectivity index (χ2v) is 11.6. The Morgan fingerprint density at radius 2 is 1.02 bits per heavy atom. The summed E-state index contributed by atoms with van der Waals surface area (Å²) in [7, 11) is -12.2. The molecule has 0 aliphatic rings. The maximum Gasteiger partial charge on any atom is 2.00 e. The average molecular weight is 777 g/mol. The van der Waals surface area contributed by atoms with Crippen molar-refractivity contribution in [3.05, 3.63) is 119 Å². The Morgan fingerprint density at radius 1 is 0.612 bits per heavy atom. The molecule has 0 aromatic carbocycles. The van der Waals surface area contributed by atoms with Gasteiger partial charge in [0.25, 0.3) is 0 Å². The van der Waals surface area contributed by atoms with Crippen LogP contribution in [0.5, 0.6) is 0 Å². The van der Waals surface area contributed by atoms with Crippen molar-refractivity contribution < 1.29 is 69.4 Å². The molecule has 0 bridgehead atoms. The first kappa shape index (κ1) is 44.9. The summed E-state index contributed by atoms with van der Waals surface area (Å²) in [6, 6.07) is 19.6. The molecule has 0 saturated heterocycles. The minimum atomic E-state index is -6.09. The van der Waals surface area contributed by atoms with Crippen molar-refractivity contribution in [2.75, 3.05) is 0 Å². The number of pyridine rings is 4. The van der Waals surface area contributed by atoms with Crippen molar-refractivity contribution >= 4 is 32.7 Å². The molecule has 4 aromatic heterocycles. The molecule has 4 aromatic rings. The smallest absolute Gasteiger partial charge is 0.741 e. The Kier molecular flexibility index (Phi) is 19.3. The second-order valence-electron chi connectivity index (χ2n) is 8.90. The van der Waals surface area contributed by atoms with Crippen LogP contribution in [-0.4, -0.2) is 69.3 Å². The SMILES string of the molecule is Cc1ccnc(C=NCc2ccccn2)c1.Cc1ccnc(CN=Cc2ccccn2)c1.O=S(=O)([O-])C(F)(F)F.O=S(=O)([O-])C(F)(F)F.[Fe+2]. The van der Waals surface area contributed by atoms with Gasteiger partial charge >= 0.3 is 28.1 Å². The number of halogens is 6. The number of aliphatic imine (C=N–C) groups is 2. The third-order valence-electron chi connectivity index (χ3n) is 4.84. The third kappa shape index (κ3) is 20.1. The Balaban J connectivity index is 0.000000658. The van der Waals surface area contributed by atoms with Crippen molar-refractivity contribution in [2.45, 2.75) is 38.0 Å². The molecule has 0 N–H and O–H groups in total. The van der Waals surface area contributed by atoms with E-state index in [1.807, 2.05) is 74.5 Å². The van der Waals surface area contributed by atoms with Gasteiger partial charge in [0.05, 0.1) is 35.9 Å². The van der Waals surface area contributed by atoms with Crippen LogP contribution in [0.1, 0.15) is 33.9 Å². The van der Waals surface area contributed by atoms with Gasteiger partial charge in [-0.2, -0.15) is 26.3 Å². The molecule has 0 atom stereocenters. The minimum absolute atomic E-state index is 0. The molecule has 0 spiro atoms. The summed E-state index contributed by atoms with van der Waals surface area (Å²) in [4.78, 5) is 25.4. The van der Waals surface area contributed by atoms with Gasteiger partial charge in [-0.05, 0) is 73.5 Å². The van der Waals surface area contributed by atoms with E-state index >= 15 is 0 Å². The molecule has 49 heavy (non-hydrogen) atoms. The van der Waals surface area contributed by atoms with Crippen LogP contribution in [0.2, 0.25) is 0 Å². The van der Waals surface area contributed by atoms with Gasteiger partial charge in [0, 0.05) is 37.2 Å². The van der Waals surface area contributed by atoms with Crippen molar-refractivity contribution in [2.24, 2.45) is 9.98 Å². The first-order valence-electron chi connectivity index (χ1n) is 12.9. The molecule has 0 amide bonds. The molecular weight excluding hydrogens is 750 g/mol. The molecule has 4 rings (SSSR count). The quantitative estimate of drug-likeness (QED) is 0.0855. The molecule has 266 valence electrons. The molecule has 4 heterocycles. The number of aryl methyl sites for hydroxylation is 2. The van der Waals surface area contributed by atoms with Gasteiger partial charge in [-0.15, -0.1) is 0 Å². The van der Waals surface area contributed by atoms with Crippen molar-refractivity contribution in [1.82, 2.24) is 19.9 Å². The van der Waals surface area contributed by atoms with Crippen LogP contribution < -0.4 is 0 Å². The van der Waals surface area contributed by atoms with Crippen LogP contribution in [0.15, 0.2) is 95.4 Å². The number of hydrogen-bond donors (Lipinski definition) is 0. The number of hydrogen-bond acceptors (Lipinski definition) is 12. The zero-order valence-electron chi connectivity index (χ0n) is 25.2. The number of aromatic nitrogens is 4. The monoisotopic (exact) mass is 776 g/mol. The first-order chi connectivity index (χ1) is 22.2. The minimum Gasteiger partial charge on any atom is -0.741 e. The third-order valence-corrected chi connectivity index (χ3v) is 5.98. The zero-order valence-corrected chi connectivity index (χ0v) is 28.0. The summed E-state index contributed by atoms with van der Waals surface area (Å²) in [5.41, 5.74) is -5.20. The van der Waals surface area contributed by atoms with E-state index in [0.29, 0.717) is 13.1 Å². The largest absolute Gasteiger partial charge is 2.00 e. The summed E-state index contributed by atoms with van der Waals surface area (Å²) in [5.74, 6) is 0. The normalized spacial score (nSPS) is 11.6. The van der Waals surface area contributed by atoms with Gasteiger partial charge in [-0.3, -0.25) is 29.9 Å². The van der Waals surface area contributed by atoms with E-state index in [4.69, 9.17) is 25.9 Å². The standard InChI is InChI=1S/2C13H13N3.2CHF3O3S.Fe/c2*1-11-5-7-16-13(8-11)10-14-9-12-4-2-3-6-15-12;2*2-1(3,4)8(5,6)7;/h2-8,10H,9H2,1H3;2-9H,10H2,1H3;2*(H,5,6,7);/q;;;;+2/p-2. The number of rotatable bonds is 6. The summed E-state index contributed by atoms with van der Waals surface area (Å²) >= 11 is 0. The molecule has 0 saturated carbocycles. The van der Waals surface area contributed by atoms with Gasteiger partial charge in [0.2, 0.25) is 0 Å². The topological polar surface area (TPSA) is 191 Å². The molecule has 0 aliphatic heterocycles. The first-order valence-corrected chi connectivity index (χ1v) is 15.7. The molecule has 12 nitrogen and oxygen atoms in total. The van der Waals surface area contributed by atoms with E-state index in [0.717, 1.165) is 22.8 Å². The van der Waals surface area contributed by atoms with Crippen molar-refractivity contribution in [1.29, 1.82) is 0 Å². The Morgan fingerprint density at radius 3 is 1.45 bits per heavy atom. The summed E-state index contributed by atoms with van der Waals surface area (Å²) in [6.45, 7) is 5.28. The predicted molar refractivity (Wildman–Crippen MR) is 161 cm³/mol. The average Bonchev–Trinajstić information content (AvgIpc) is 2.97. The van der Waals surface area contributed by atoms with Crippen LogP contribution in [0.25, 0.3) is 0 Å². The predicted octanol–water partition coefficient (Wildman–Crippen LogP) is 4.91. The molecule has 21 heteroatoms. The number of nitrogens with zero attached hydrogens (tertiary/aromatic N) is 6. The van der Waals surface area contributed by atoms with Crippen LogP contribution in [0, 0.1) is 13.8 Å². The van der Waals surface area contributed by atoms with Gasteiger partial charge in [0.15, 0.2) is 20.2 Å². The fraction of sp³-hybridized carbons (Fsp3) is 0.214. The van der Waals surface area contributed by atoms with Crippen LogP contribution in [0.4, 0.5) is 26.3 Å². The Labute approximate surface area is 288 Å². The Hall–Kier alpha value is -4.14. The maximum absolute atomic E-state index is 10.7. The Bertz CT molecular complexity index is 1790. The van der Waals surface area contributed by atoms with E-state index in [1.165, 1.54) is 11.1 Å². The fourth-order valence-electron chi connectivity index (χ4n) is 2.72. The summed E-state index contributed by atoms with van der Waals surface area (Å²) in [6.07, 6.45) is 10.7. The molecule has 0 fully saturated rings. The molecule has 0 unspecified atom stereocenters. The summed E-state index contributed by atoms with van der Waals surface area (Å²) < 4.78 is 118. The maximum atomic E-state index is 10.7. The van der Waals surface area contributed by atoms with Gasteiger partial charge in [0.1, 0.15) is 0 Å². The summed E-state index contributed by atoms with van der Waals surface area (Å²) in [5, 5.41) is 0. The molecule has 0 radical (unpaired) electrons. The van der Waals surface area contributed by atoms with Gasteiger partial charge < -0.3 is 9.11 Å². The molecule has 0 aliphatic carbocycles. The zero-order chi connectivity index (χ0) is 36.4. The number of alkyl halides is 6. The van der Waals surface area contributed by atoms with E-state index in [1.54, 1.807) is 37.2 Å². The van der Waals surface area contributed by atoms with E-state index in [2.05, 4.69) is 29.9 Å². The van der Waals surface area contributed by atoms with E-state index in [-0.39, 0.29) is 17.1 Å².